The highest BCUT2D eigenvalue weighted by Crippen LogP contribution is 2.42. The zero-order valence-corrected chi connectivity index (χ0v) is 10.2. The van der Waals surface area contributed by atoms with E-state index >= 15 is 0 Å². The van der Waals surface area contributed by atoms with E-state index in [9.17, 15) is 4.79 Å². The number of hydrogen-bond acceptors (Lipinski definition) is 1. The van der Waals surface area contributed by atoms with Crippen molar-refractivity contribution in [3.8, 4) is 0 Å². The van der Waals surface area contributed by atoms with Crippen LogP contribution in [-0.2, 0) is 4.79 Å². The predicted molar refractivity (Wildman–Crippen MR) is 61.4 cm³/mol. The van der Waals surface area contributed by atoms with Crippen molar-refractivity contribution in [3.63, 3.8) is 0 Å². The second-order valence-electron chi connectivity index (χ2n) is 6.01. The van der Waals surface area contributed by atoms with Gasteiger partial charge in [-0.2, -0.15) is 0 Å². The van der Waals surface area contributed by atoms with Gasteiger partial charge >= 0.3 is 0 Å². The third kappa shape index (κ3) is 1.82. The first-order valence-electron chi connectivity index (χ1n) is 5.85. The van der Waals surface area contributed by atoms with Gasteiger partial charge in [-0.3, -0.25) is 4.79 Å². The van der Waals surface area contributed by atoms with E-state index in [0.717, 1.165) is 5.92 Å². The molecule has 0 radical (unpaired) electrons. The van der Waals surface area contributed by atoms with E-state index in [1.54, 1.807) is 0 Å². The van der Waals surface area contributed by atoms with Crippen molar-refractivity contribution in [2.45, 2.75) is 39.7 Å². The van der Waals surface area contributed by atoms with Gasteiger partial charge in [0.2, 0.25) is 5.91 Å². The van der Waals surface area contributed by atoms with E-state index in [1.807, 2.05) is 32.7 Å². The van der Waals surface area contributed by atoms with Crippen LogP contribution in [0.3, 0.4) is 0 Å². The Hall–Kier alpha value is -0.790. The van der Waals surface area contributed by atoms with E-state index in [1.165, 1.54) is 12.8 Å². The summed E-state index contributed by atoms with van der Waals surface area (Å²) in [5.41, 5.74) is -0.250. The molecule has 1 amide bonds. The van der Waals surface area contributed by atoms with Crippen LogP contribution < -0.4 is 0 Å². The van der Waals surface area contributed by atoms with Crippen LogP contribution in [-0.4, -0.2) is 23.9 Å². The maximum atomic E-state index is 12.1. The number of carbonyl (C=O) groups is 1. The highest BCUT2D eigenvalue weighted by atomic mass is 16.2. The van der Waals surface area contributed by atoms with Crippen molar-refractivity contribution in [3.05, 3.63) is 12.2 Å². The average Bonchev–Trinajstić information content (AvgIpc) is 2.74. The second-order valence-corrected chi connectivity index (χ2v) is 6.01. The lowest BCUT2D eigenvalue weighted by Crippen LogP contribution is -2.44. The first-order valence-corrected chi connectivity index (χ1v) is 5.85. The summed E-state index contributed by atoms with van der Waals surface area (Å²) in [6, 6.07) is 0.451. The third-order valence-corrected chi connectivity index (χ3v) is 3.70. The highest BCUT2D eigenvalue weighted by Gasteiger charge is 2.41. The van der Waals surface area contributed by atoms with Gasteiger partial charge in [0.05, 0.1) is 0 Å². The minimum atomic E-state index is -0.250. The zero-order valence-electron chi connectivity index (χ0n) is 10.2. The summed E-state index contributed by atoms with van der Waals surface area (Å²) < 4.78 is 0. The van der Waals surface area contributed by atoms with Gasteiger partial charge in [-0.15, -0.1) is 0 Å². The Morgan fingerprint density at radius 3 is 2.33 bits per heavy atom. The van der Waals surface area contributed by atoms with Gasteiger partial charge in [-0.1, -0.05) is 32.9 Å². The molecule has 0 aromatic rings. The summed E-state index contributed by atoms with van der Waals surface area (Å²) in [4.78, 5) is 14.1. The van der Waals surface area contributed by atoms with Crippen LogP contribution >= 0.6 is 0 Å². The van der Waals surface area contributed by atoms with Crippen molar-refractivity contribution >= 4 is 5.91 Å². The molecule has 0 aromatic carbocycles. The lowest BCUT2D eigenvalue weighted by atomic mass is 9.92. The molecule has 0 aliphatic heterocycles. The van der Waals surface area contributed by atoms with Crippen LogP contribution in [0.25, 0.3) is 0 Å². The Kier molecular flexibility index (Phi) is 2.40. The quantitative estimate of drug-likeness (QED) is 0.605. The van der Waals surface area contributed by atoms with Crippen LogP contribution in [0.5, 0.6) is 0 Å². The first kappa shape index (κ1) is 10.7. The standard InChI is InChI=1S/C13H21NO/c1-13(2,3)12(15)14(4)11-8-9-5-6-10(11)7-9/h5-6,9-11H,7-8H2,1-4H3/t9-,10+,11+/m1/s1. The van der Waals surface area contributed by atoms with Crippen molar-refractivity contribution in [1.29, 1.82) is 0 Å². The molecule has 0 heterocycles. The Bertz CT molecular complexity index is 300. The molecule has 2 aliphatic rings. The Morgan fingerprint density at radius 2 is 1.93 bits per heavy atom. The molecule has 2 nitrogen and oxygen atoms in total. The fourth-order valence-corrected chi connectivity index (χ4v) is 2.88. The summed E-state index contributed by atoms with van der Waals surface area (Å²) in [5, 5.41) is 0. The van der Waals surface area contributed by atoms with Crippen LogP contribution in [0.1, 0.15) is 33.6 Å². The summed E-state index contributed by atoms with van der Waals surface area (Å²) in [6.45, 7) is 5.98. The fourth-order valence-electron chi connectivity index (χ4n) is 2.88. The lowest BCUT2D eigenvalue weighted by Gasteiger charge is -2.34. The smallest absolute Gasteiger partial charge is 0.227 e. The molecule has 15 heavy (non-hydrogen) atoms. The van der Waals surface area contributed by atoms with E-state index in [0.29, 0.717) is 12.0 Å². The number of rotatable bonds is 1. The second kappa shape index (κ2) is 3.36. The minimum Gasteiger partial charge on any atom is -0.342 e. The van der Waals surface area contributed by atoms with Crippen molar-refractivity contribution < 1.29 is 4.79 Å². The number of hydrogen-bond donors (Lipinski definition) is 0. The lowest BCUT2D eigenvalue weighted by molar-refractivity contribution is -0.140. The number of amides is 1. The molecule has 0 spiro atoms. The SMILES string of the molecule is CN(C(=O)C(C)(C)C)[C@H]1C[C@@H]2C=C[C@H]1C2. The molecule has 2 rings (SSSR count). The summed E-state index contributed by atoms with van der Waals surface area (Å²) in [5.74, 6) is 1.62. The Morgan fingerprint density at radius 1 is 1.27 bits per heavy atom. The molecule has 2 heteroatoms. The predicted octanol–water partition coefficient (Wildman–Crippen LogP) is 2.46. The molecule has 0 saturated heterocycles. The molecule has 3 atom stereocenters. The number of fused-ring (bicyclic) bond motifs is 2. The normalized spacial score (nSPS) is 33.5. The molecule has 2 bridgehead atoms. The number of allylic oxidation sites excluding steroid dienone is 1. The molecule has 1 saturated carbocycles. The topological polar surface area (TPSA) is 20.3 Å². The average molecular weight is 207 g/mol. The van der Waals surface area contributed by atoms with Gasteiger partial charge in [0.1, 0.15) is 0 Å². The zero-order chi connectivity index (χ0) is 11.2. The Labute approximate surface area is 92.3 Å². The van der Waals surface area contributed by atoms with Gasteiger partial charge in [0.25, 0.3) is 0 Å². The van der Waals surface area contributed by atoms with Gasteiger partial charge in [0, 0.05) is 18.5 Å². The van der Waals surface area contributed by atoms with Crippen LogP contribution in [0.15, 0.2) is 12.2 Å². The molecule has 1 fully saturated rings. The molecule has 84 valence electrons. The van der Waals surface area contributed by atoms with Gasteiger partial charge in [-0.05, 0) is 24.7 Å². The van der Waals surface area contributed by atoms with Crippen molar-refractivity contribution in [2.75, 3.05) is 7.05 Å². The van der Waals surface area contributed by atoms with Crippen LogP contribution in [0.2, 0.25) is 0 Å². The maximum Gasteiger partial charge on any atom is 0.227 e. The molecule has 2 aliphatic carbocycles. The highest BCUT2D eigenvalue weighted by molar-refractivity contribution is 5.81. The van der Waals surface area contributed by atoms with E-state index in [4.69, 9.17) is 0 Å². The molecular weight excluding hydrogens is 186 g/mol. The molecule has 0 unspecified atom stereocenters. The largest absolute Gasteiger partial charge is 0.342 e. The first-order chi connectivity index (χ1) is 6.89. The fraction of sp³-hybridized carbons (Fsp3) is 0.769. The molecule has 0 N–H and O–H groups in total. The monoisotopic (exact) mass is 207 g/mol. The molecular formula is C13H21NO. The van der Waals surface area contributed by atoms with Gasteiger partial charge in [-0.25, -0.2) is 0 Å². The van der Waals surface area contributed by atoms with Crippen LogP contribution in [0, 0.1) is 17.3 Å². The van der Waals surface area contributed by atoms with Gasteiger partial charge in [0.15, 0.2) is 0 Å². The number of nitrogens with zero attached hydrogens (tertiary/aromatic N) is 1. The summed E-state index contributed by atoms with van der Waals surface area (Å²) >= 11 is 0. The van der Waals surface area contributed by atoms with Crippen LogP contribution in [0.4, 0.5) is 0 Å². The summed E-state index contributed by atoms with van der Waals surface area (Å²) in [7, 11) is 1.97. The van der Waals surface area contributed by atoms with Crippen molar-refractivity contribution in [1.82, 2.24) is 4.90 Å². The van der Waals surface area contributed by atoms with E-state index in [-0.39, 0.29) is 11.3 Å². The summed E-state index contributed by atoms with van der Waals surface area (Å²) in [6.07, 6.45) is 7.04. The maximum absolute atomic E-state index is 12.1. The third-order valence-electron chi connectivity index (χ3n) is 3.70. The van der Waals surface area contributed by atoms with Gasteiger partial charge < -0.3 is 4.90 Å². The van der Waals surface area contributed by atoms with Crippen molar-refractivity contribution in [2.24, 2.45) is 17.3 Å². The van der Waals surface area contributed by atoms with E-state index in [2.05, 4.69) is 12.2 Å². The Balaban J connectivity index is 2.06. The number of carbonyl (C=O) groups excluding carboxylic acids is 1. The minimum absolute atomic E-state index is 0.250. The van der Waals surface area contributed by atoms with E-state index < -0.39 is 0 Å². The molecule has 0 aromatic heterocycles.